The van der Waals surface area contributed by atoms with Crippen molar-refractivity contribution in [3.63, 3.8) is 0 Å². The molecule has 1 unspecified atom stereocenters. The minimum atomic E-state index is -0.317. The van der Waals surface area contributed by atoms with Crippen LogP contribution in [0.3, 0.4) is 0 Å². The number of rotatable bonds is 8. The molecular formula is C27H32N2O4. The summed E-state index contributed by atoms with van der Waals surface area (Å²) in [5, 5.41) is 0. The molecule has 0 radical (unpaired) electrons. The van der Waals surface area contributed by atoms with Crippen molar-refractivity contribution in [2.75, 3.05) is 31.2 Å². The van der Waals surface area contributed by atoms with Crippen molar-refractivity contribution in [1.29, 1.82) is 0 Å². The van der Waals surface area contributed by atoms with Crippen LogP contribution in [0.4, 0.5) is 5.69 Å². The first-order chi connectivity index (χ1) is 16.0. The summed E-state index contributed by atoms with van der Waals surface area (Å²) in [4.78, 5) is 31.0. The monoisotopic (exact) mass is 448 g/mol. The van der Waals surface area contributed by atoms with Gasteiger partial charge in [-0.05, 0) is 61.9 Å². The number of imide groups is 1. The number of anilines is 1. The van der Waals surface area contributed by atoms with E-state index in [1.807, 2.05) is 43.3 Å². The van der Waals surface area contributed by atoms with Crippen LogP contribution < -0.4 is 14.4 Å². The highest BCUT2D eigenvalue weighted by atomic mass is 16.5. The Balaban J connectivity index is 1.77. The molecule has 1 saturated heterocycles. The quantitative estimate of drug-likeness (QED) is 0.538. The molecule has 2 heterocycles. The molecule has 1 fully saturated rings. The average Bonchev–Trinajstić information content (AvgIpc) is 3.08. The second-order valence-corrected chi connectivity index (χ2v) is 8.64. The topological polar surface area (TPSA) is 59.1 Å². The largest absolute Gasteiger partial charge is 0.494 e. The van der Waals surface area contributed by atoms with E-state index in [0.717, 1.165) is 43.7 Å². The Bertz CT molecular complexity index is 1040. The predicted molar refractivity (Wildman–Crippen MR) is 129 cm³/mol. The number of nitrogens with zero attached hydrogens (tertiary/aromatic N) is 2. The van der Waals surface area contributed by atoms with Gasteiger partial charge in [0.1, 0.15) is 17.2 Å². The normalized spacial score (nSPS) is 18.8. The Morgan fingerprint density at radius 2 is 1.73 bits per heavy atom. The lowest BCUT2D eigenvalue weighted by Crippen LogP contribution is -2.39. The second-order valence-electron chi connectivity index (χ2n) is 8.64. The van der Waals surface area contributed by atoms with Gasteiger partial charge in [0.25, 0.3) is 11.8 Å². The first-order valence-electron chi connectivity index (χ1n) is 11.9. The van der Waals surface area contributed by atoms with Gasteiger partial charge in [0.15, 0.2) is 0 Å². The Labute approximate surface area is 195 Å². The van der Waals surface area contributed by atoms with Crippen LogP contribution >= 0.6 is 0 Å². The van der Waals surface area contributed by atoms with Gasteiger partial charge in [-0.25, -0.2) is 4.90 Å². The van der Waals surface area contributed by atoms with Crippen molar-refractivity contribution in [3.05, 3.63) is 59.8 Å². The highest BCUT2D eigenvalue weighted by Gasteiger charge is 2.44. The van der Waals surface area contributed by atoms with Crippen LogP contribution in [0, 0.1) is 5.92 Å². The Morgan fingerprint density at radius 1 is 0.970 bits per heavy atom. The third-order valence-corrected chi connectivity index (χ3v) is 6.05. The van der Waals surface area contributed by atoms with E-state index in [9.17, 15) is 9.59 Å². The number of ether oxygens (including phenoxy) is 2. The summed E-state index contributed by atoms with van der Waals surface area (Å²) in [7, 11) is 0. The van der Waals surface area contributed by atoms with E-state index < -0.39 is 0 Å². The van der Waals surface area contributed by atoms with Gasteiger partial charge in [-0.3, -0.25) is 9.59 Å². The SMILES string of the molecule is CCCOc1ccc(C2=C(N3CCCC(C)C3)C(=O)N(c3ccccc3OCC)C2=O)cc1. The summed E-state index contributed by atoms with van der Waals surface area (Å²) in [6.07, 6.45) is 3.05. The molecule has 0 aliphatic carbocycles. The number of hydrogen-bond donors (Lipinski definition) is 0. The van der Waals surface area contributed by atoms with Crippen molar-refractivity contribution in [2.45, 2.75) is 40.0 Å². The Morgan fingerprint density at radius 3 is 2.42 bits per heavy atom. The number of carbonyl (C=O) groups excluding carboxylic acids is 2. The van der Waals surface area contributed by atoms with Crippen molar-refractivity contribution in [1.82, 2.24) is 4.90 Å². The van der Waals surface area contributed by atoms with E-state index in [2.05, 4.69) is 18.7 Å². The third kappa shape index (κ3) is 4.61. The van der Waals surface area contributed by atoms with E-state index >= 15 is 0 Å². The second kappa shape index (κ2) is 10.1. The maximum absolute atomic E-state index is 13.8. The molecule has 6 heteroatoms. The predicted octanol–water partition coefficient (Wildman–Crippen LogP) is 4.89. The molecule has 0 saturated carbocycles. The smallest absolute Gasteiger partial charge is 0.282 e. The number of amides is 2. The lowest BCUT2D eigenvalue weighted by Gasteiger charge is -2.33. The van der Waals surface area contributed by atoms with Crippen molar-refractivity contribution < 1.29 is 19.1 Å². The molecule has 0 bridgehead atoms. The average molecular weight is 449 g/mol. The van der Waals surface area contributed by atoms with Gasteiger partial charge in [0.05, 0.1) is 24.5 Å². The van der Waals surface area contributed by atoms with Crippen molar-refractivity contribution in [3.8, 4) is 11.5 Å². The third-order valence-electron chi connectivity index (χ3n) is 6.05. The number of likely N-dealkylation sites (tertiary alicyclic amines) is 1. The van der Waals surface area contributed by atoms with E-state index in [1.165, 1.54) is 4.90 Å². The molecule has 2 amide bonds. The number of piperidine rings is 1. The molecule has 4 rings (SSSR count). The Hall–Kier alpha value is -3.28. The molecular weight excluding hydrogens is 416 g/mol. The molecule has 1 atom stereocenters. The minimum absolute atomic E-state index is 0.289. The summed E-state index contributed by atoms with van der Waals surface area (Å²) in [6, 6.07) is 14.7. The summed E-state index contributed by atoms with van der Waals surface area (Å²) in [5.41, 5.74) is 2.14. The van der Waals surface area contributed by atoms with Crippen molar-refractivity contribution >= 4 is 23.1 Å². The van der Waals surface area contributed by atoms with Gasteiger partial charge < -0.3 is 14.4 Å². The molecule has 2 aliphatic heterocycles. The van der Waals surface area contributed by atoms with Gasteiger partial charge in [0.2, 0.25) is 0 Å². The minimum Gasteiger partial charge on any atom is -0.494 e. The van der Waals surface area contributed by atoms with Gasteiger partial charge in [-0.15, -0.1) is 0 Å². The van der Waals surface area contributed by atoms with Crippen LogP contribution in [0.1, 0.15) is 45.6 Å². The van der Waals surface area contributed by atoms with E-state index in [1.54, 1.807) is 12.1 Å². The van der Waals surface area contributed by atoms with Crippen LogP contribution in [-0.2, 0) is 9.59 Å². The van der Waals surface area contributed by atoms with Gasteiger partial charge in [-0.2, -0.15) is 0 Å². The zero-order valence-corrected chi connectivity index (χ0v) is 19.7. The highest BCUT2D eigenvalue weighted by Crippen LogP contribution is 2.39. The van der Waals surface area contributed by atoms with Gasteiger partial charge in [-0.1, -0.05) is 38.1 Å². The molecule has 6 nitrogen and oxygen atoms in total. The molecule has 174 valence electrons. The summed E-state index contributed by atoms with van der Waals surface area (Å²) >= 11 is 0. The fourth-order valence-corrected chi connectivity index (χ4v) is 4.54. The van der Waals surface area contributed by atoms with Crippen molar-refractivity contribution in [2.24, 2.45) is 5.92 Å². The molecule has 2 aliphatic rings. The van der Waals surface area contributed by atoms with E-state index in [4.69, 9.17) is 9.47 Å². The lowest BCUT2D eigenvalue weighted by atomic mass is 9.97. The summed E-state index contributed by atoms with van der Waals surface area (Å²) in [5.74, 6) is 1.14. The van der Waals surface area contributed by atoms with E-state index in [-0.39, 0.29) is 11.8 Å². The zero-order valence-electron chi connectivity index (χ0n) is 19.7. The first kappa shape index (κ1) is 22.9. The number of carbonyl (C=O) groups is 2. The van der Waals surface area contributed by atoms with E-state index in [0.29, 0.717) is 41.8 Å². The summed E-state index contributed by atoms with van der Waals surface area (Å²) < 4.78 is 11.4. The van der Waals surface area contributed by atoms with Crippen LogP contribution in [0.25, 0.3) is 5.57 Å². The molecule has 2 aromatic rings. The molecule has 0 aromatic heterocycles. The molecule has 0 spiro atoms. The van der Waals surface area contributed by atoms with Crippen LogP contribution in [0.2, 0.25) is 0 Å². The number of benzene rings is 2. The zero-order chi connectivity index (χ0) is 23.4. The highest BCUT2D eigenvalue weighted by molar-refractivity contribution is 6.45. The molecule has 2 aromatic carbocycles. The van der Waals surface area contributed by atoms with Crippen LogP contribution in [-0.4, -0.2) is 43.0 Å². The van der Waals surface area contributed by atoms with Gasteiger partial charge >= 0.3 is 0 Å². The first-order valence-corrected chi connectivity index (χ1v) is 11.9. The maximum atomic E-state index is 13.8. The van der Waals surface area contributed by atoms with Crippen LogP contribution in [0.5, 0.6) is 11.5 Å². The fraction of sp³-hybridized carbons (Fsp3) is 0.407. The Kier molecular flexibility index (Phi) is 7.02. The lowest BCUT2D eigenvalue weighted by molar-refractivity contribution is -0.120. The van der Waals surface area contributed by atoms with Crippen LogP contribution in [0.15, 0.2) is 54.2 Å². The standard InChI is InChI=1S/C27H32N2O4/c1-4-17-33-21-14-12-20(13-15-21)24-25(28-16-8-9-19(3)18-28)27(31)29(26(24)30)22-10-6-7-11-23(22)32-5-2/h6-7,10-15,19H,4-5,8-9,16-18H2,1-3H3. The summed E-state index contributed by atoms with van der Waals surface area (Å²) in [6.45, 7) is 8.74. The molecule has 0 N–H and O–H groups in total. The van der Waals surface area contributed by atoms with Gasteiger partial charge in [0, 0.05) is 13.1 Å². The number of hydrogen-bond acceptors (Lipinski definition) is 5. The number of para-hydroxylation sites is 2. The fourth-order valence-electron chi connectivity index (χ4n) is 4.54. The maximum Gasteiger partial charge on any atom is 0.282 e. The molecule has 33 heavy (non-hydrogen) atoms.